The molecule has 0 fully saturated rings. The van der Waals surface area contributed by atoms with Crippen molar-refractivity contribution in [2.75, 3.05) is 12.4 Å². The second-order valence-corrected chi connectivity index (χ2v) is 7.26. The van der Waals surface area contributed by atoms with E-state index in [4.69, 9.17) is 4.74 Å². The number of thiophene rings is 1. The van der Waals surface area contributed by atoms with E-state index in [1.807, 2.05) is 17.5 Å². The summed E-state index contributed by atoms with van der Waals surface area (Å²) in [5, 5.41) is 4.71. The van der Waals surface area contributed by atoms with E-state index >= 15 is 0 Å². The first-order valence-corrected chi connectivity index (χ1v) is 9.40. The van der Waals surface area contributed by atoms with Crippen LogP contribution in [0, 0.1) is 0 Å². The minimum atomic E-state index is -0.311. The van der Waals surface area contributed by atoms with Gasteiger partial charge in [-0.05, 0) is 42.1 Å². The van der Waals surface area contributed by atoms with E-state index in [2.05, 4.69) is 15.3 Å². The third-order valence-electron chi connectivity index (χ3n) is 4.56. The lowest BCUT2D eigenvalue weighted by Crippen LogP contribution is -2.22. The molecule has 6 nitrogen and oxygen atoms in total. The van der Waals surface area contributed by atoms with E-state index in [0.29, 0.717) is 35.4 Å². The van der Waals surface area contributed by atoms with E-state index in [-0.39, 0.29) is 23.6 Å². The van der Waals surface area contributed by atoms with Crippen LogP contribution in [0.15, 0.2) is 48.0 Å². The van der Waals surface area contributed by atoms with Crippen LogP contribution in [0.2, 0.25) is 0 Å². The number of amides is 1. The number of nitrogens with zero attached hydrogens (tertiary/aromatic N) is 2. The Hall–Kier alpha value is -3.06. The molecule has 1 aromatic carbocycles. The van der Waals surface area contributed by atoms with Crippen molar-refractivity contribution in [1.29, 1.82) is 0 Å². The molecule has 0 radical (unpaired) electrons. The molecule has 2 heterocycles. The summed E-state index contributed by atoms with van der Waals surface area (Å²) in [5.41, 5.74) is 1.71. The number of benzene rings is 1. The Labute approximate surface area is 160 Å². The fourth-order valence-corrected chi connectivity index (χ4v) is 3.98. The maximum absolute atomic E-state index is 12.4. The van der Waals surface area contributed by atoms with Gasteiger partial charge in [0.05, 0.1) is 18.4 Å². The Kier molecular flexibility index (Phi) is 4.68. The zero-order chi connectivity index (χ0) is 18.8. The number of hydrogen-bond donors (Lipinski definition) is 1. The summed E-state index contributed by atoms with van der Waals surface area (Å²) < 4.78 is 5.09. The molecule has 1 atom stereocenters. The Morgan fingerprint density at radius 3 is 2.74 bits per heavy atom. The van der Waals surface area contributed by atoms with Gasteiger partial charge < -0.3 is 4.74 Å². The number of ether oxygens (including phenoxy) is 1. The lowest BCUT2D eigenvalue weighted by molar-refractivity contribution is 0.0963. The molecule has 1 amide bonds. The lowest BCUT2D eigenvalue weighted by atomic mass is 9.86. The van der Waals surface area contributed by atoms with Gasteiger partial charge in [-0.15, -0.1) is 11.3 Å². The molecule has 1 aliphatic carbocycles. The monoisotopic (exact) mass is 379 g/mol. The van der Waals surface area contributed by atoms with Crippen LogP contribution >= 0.6 is 11.3 Å². The Morgan fingerprint density at radius 2 is 2.04 bits per heavy atom. The third kappa shape index (κ3) is 3.59. The average molecular weight is 379 g/mol. The highest BCUT2D eigenvalue weighted by atomic mass is 32.1. The summed E-state index contributed by atoms with van der Waals surface area (Å²) >= 11 is 1.65. The van der Waals surface area contributed by atoms with E-state index in [9.17, 15) is 9.59 Å². The number of carbonyl (C=O) groups is 2. The van der Waals surface area contributed by atoms with Gasteiger partial charge in [-0.1, -0.05) is 6.07 Å². The molecule has 0 saturated heterocycles. The minimum Gasteiger partial charge on any atom is -0.497 e. The number of nitrogens with one attached hydrogen (secondary N) is 1. The molecule has 27 heavy (non-hydrogen) atoms. The van der Waals surface area contributed by atoms with Gasteiger partial charge in [-0.2, -0.15) is 0 Å². The van der Waals surface area contributed by atoms with Gasteiger partial charge in [0, 0.05) is 29.0 Å². The van der Waals surface area contributed by atoms with E-state index in [1.54, 1.807) is 42.7 Å². The van der Waals surface area contributed by atoms with Crippen molar-refractivity contribution in [3.05, 3.63) is 69.7 Å². The Balaban J connectivity index is 1.54. The van der Waals surface area contributed by atoms with Crippen LogP contribution in [0.25, 0.3) is 0 Å². The largest absolute Gasteiger partial charge is 0.497 e. The standard InChI is InChI=1S/C20H17N3O3S/c1-26-14-6-4-12(5-7-14)19(25)23-20-21-11-15-16(22-20)9-13(10-17(15)24)18-3-2-8-27-18/h2-8,11,13H,9-10H2,1H3,(H,21,22,23,25)/t13-/m0/s1. The van der Waals surface area contributed by atoms with E-state index < -0.39 is 0 Å². The van der Waals surface area contributed by atoms with Crippen LogP contribution < -0.4 is 10.1 Å². The van der Waals surface area contributed by atoms with Crippen molar-refractivity contribution >= 4 is 29.0 Å². The summed E-state index contributed by atoms with van der Waals surface area (Å²) in [6, 6.07) is 10.8. The number of hydrogen-bond acceptors (Lipinski definition) is 6. The van der Waals surface area contributed by atoms with Crippen molar-refractivity contribution in [2.45, 2.75) is 18.8 Å². The first-order chi connectivity index (χ1) is 13.1. The summed E-state index contributed by atoms with van der Waals surface area (Å²) in [5.74, 6) is 0.742. The number of Topliss-reactive ketones (excluding diaryl/α,β-unsaturated/α-hetero) is 1. The molecule has 1 N–H and O–H groups in total. The van der Waals surface area contributed by atoms with Gasteiger partial charge in [0.25, 0.3) is 5.91 Å². The molecular formula is C20H17N3O3S. The molecule has 0 aliphatic heterocycles. The van der Waals surface area contributed by atoms with Crippen LogP contribution in [-0.4, -0.2) is 28.8 Å². The quantitative estimate of drug-likeness (QED) is 0.747. The fourth-order valence-electron chi connectivity index (χ4n) is 3.15. The van der Waals surface area contributed by atoms with Gasteiger partial charge >= 0.3 is 0 Å². The zero-order valence-corrected chi connectivity index (χ0v) is 15.5. The van der Waals surface area contributed by atoms with Crippen molar-refractivity contribution < 1.29 is 14.3 Å². The molecular weight excluding hydrogens is 362 g/mol. The van der Waals surface area contributed by atoms with Gasteiger partial charge in [0.15, 0.2) is 5.78 Å². The number of carbonyl (C=O) groups excluding carboxylic acids is 2. The third-order valence-corrected chi connectivity index (χ3v) is 5.60. The lowest BCUT2D eigenvalue weighted by Gasteiger charge is -2.22. The zero-order valence-electron chi connectivity index (χ0n) is 14.6. The summed E-state index contributed by atoms with van der Waals surface area (Å²) in [6.07, 6.45) is 2.64. The maximum atomic E-state index is 12.4. The normalized spacial score (nSPS) is 15.9. The Bertz CT molecular complexity index is 984. The maximum Gasteiger partial charge on any atom is 0.258 e. The van der Waals surface area contributed by atoms with Crippen LogP contribution in [0.4, 0.5) is 5.95 Å². The molecule has 4 rings (SSSR count). The summed E-state index contributed by atoms with van der Waals surface area (Å²) in [6.45, 7) is 0. The number of methoxy groups -OCH3 is 1. The molecule has 0 saturated carbocycles. The number of ketones is 1. The van der Waals surface area contributed by atoms with Gasteiger partial charge in [-0.25, -0.2) is 9.97 Å². The topological polar surface area (TPSA) is 81.2 Å². The fraction of sp³-hybridized carbons (Fsp3) is 0.200. The second-order valence-electron chi connectivity index (χ2n) is 6.28. The molecule has 7 heteroatoms. The van der Waals surface area contributed by atoms with Crippen molar-refractivity contribution in [3.63, 3.8) is 0 Å². The average Bonchev–Trinajstić information content (AvgIpc) is 3.22. The molecule has 0 bridgehead atoms. The van der Waals surface area contributed by atoms with E-state index in [1.165, 1.54) is 11.1 Å². The first kappa shape index (κ1) is 17.4. The molecule has 0 unspecified atom stereocenters. The highest BCUT2D eigenvalue weighted by Gasteiger charge is 2.28. The predicted molar refractivity (Wildman–Crippen MR) is 103 cm³/mol. The van der Waals surface area contributed by atoms with E-state index in [0.717, 1.165) is 0 Å². The van der Waals surface area contributed by atoms with Gasteiger partial charge in [-0.3, -0.25) is 14.9 Å². The summed E-state index contributed by atoms with van der Waals surface area (Å²) in [4.78, 5) is 34.6. The molecule has 3 aromatic rings. The van der Waals surface area contributed by atoms with Crippen LogP contribution in [0.1, 0.15) is 43.6 Å². The first-order valence-electron chi connectivity index (χ1n) is 8.52. The van der Waals surface area contributed by atoms with Crippen molar-refractivity contribution in [2.24, 2.45) is 0 Å². The number of fused-ring (bicyclic) bond motifs is 1. The van der Waals surface area contributed by atoms with Crippen molar-refractivity contribution in [3.8, 4) is 5.75 Å². The van der Waals surface area contributed by atoms with Gasteiger partial charge in [0.1, 0.15) is 5.75 Å². The van der Waals surface area contributed by atoms with Crippen molar-refractivity contribution in [1.82, 2.24) is 9.97 Å². The number of rotatable bonds is 4. The molecule has 136 valence electrons. The number of aromatic nitrogens is 2. The molecule has 1 aliphatic rings. The van der Waals surface area contributed by atoms with Gasteiger partial charge in [0.2, 0.25) is 5.95 Å². The molecule has 2 aromatic heterocycles. The van der Waals surface area contributed by atoms with Crippen LogP contribution in [0.5, 0.6) is 5.75 Å². The second kappa shape index (κ2) is 7.28. The van der Waals surface area contributed by atoms with Crippen LogP contribution in [0.3, 0.4) is 0 Å². The predicted octanol–water partition coefficient (Wildman–Crippen LogP) is 3.71. The van der Waals surface area contributed by atoms with Crippen LogP contribution in [-0.2, 0) is 6.42 Å². The SMILES string of the molecule is COc1ccc(C(=O)Nc2ncc3c(n2)C[C@H](c2cccs2)CC3=O)cc1. The minimum absolute atomic E-state index is 0.0441. The Morgan fingerprint density at radius 1 is 1.22 bits per heavy atom. The number of anilines is 1. The smallest absolute Gasteiger partial charge is 0.258 e. The summed E-state index contributed by atoms with van der Waals surface area (Å²) in [7, 11) is 1.57. The molecule has 0 spiro atoms. The highest BCUT2D eigenvalue weighted by molar-refractivity contribution is 7.10. The highest BCUT2D eigenvalue weighted by Crippen LogP contribution is 2.34.